The van der Waals surface area contributed by atoms with Crippen molar-refractivity contribution >= 4 is 0 Å². The first kappa shape index (κ1) is 17.4. The van der Waals surface area contributed by atoms with Crippen LogP contribution in [-0.4, -0.2) is 23.1 Å². The third-order valence-electron chi connectivity index (χ3n) is 2.77. The quantitative estimate of drug-likeness (QED) is 0.610. The molecule has 0 aromatic carbocycles. The number of hydrogen-bond acceptors (Lipinski definition) is 4. The Morgan fingerprint density at radius 3 is 2.53 bits per heavy atom. The smallest absolute Gasteiger partial charge is 0.217 e. The number of methoxy groups -OCH3 is 1. The molecule has 1 aromatic heterocycles. The zero-order valence-electron chi connectivity index (χ0n) is 12.5. The summed E-state index contributed by atoms with van der Waals surface area (Å²) in [5, 5.41) is 10.7. The molecule has 2 rings (SSSR count). The molecule has 108 valence electrons. The molecule has 0 saturated heterocycles. The van der Waals surface area contributed by atoms with E-state index in [-0.39, 0.29) is 4.92 Å². The minimum atomic E-state index is -0.490. The van der Waals surface area contributed by atoms with Crippen LogP contribution in [0.3, 0.4) is 0 Å². The van der Waals surface area contributed by atoms with Crippen molar-refractivity contribution in [3.63, 3.8) is 0 Å². The van der Waals surface area contributed by atoms with Gasteiger partial charge in [0.1, 0.15) is 5.75 Å². The van der Waals surface area contributed by atoms with Gasteiger partial charge in [0, 0.05) is 35.2 Å². The molecule has 1 aliphatic carbocycles. The highest BCUT2D eigenvalue weighted by Gasteiger charge is 2.29. The lowest BCUT2D eigenvalue weighted by molar-refractivity contribution is -0.523. The van der Waals surface area contributed by atoms with E-state index < -0.39 is 6.04 Å². The summed E-state index contributed by atoms with van der Waals surface area (Å²) in [6.45, 7) is 8.00. The van der Waals surface area contributed by atoms with Gasteiger partial charge in [0.2, 0.25) is 6.04 Å². The van der Waals surface area contributed by atoms with Gasteiger partial charge in [0.25, 0.3) is 0 Å². The maximum absolute atomic E-state index is 10.7. The number of aromatic nitrogens is 1. The van der Waals surface area contributed by atoms with E-state index in [1.807, 2.05) is 27.7 Å². The van der Waals surface area contributed by atoms with Crippen molar-refractivity contribution in [2.45, 2.75) is 53.0 Å². The van der Waals surface area contributed by atoms with E-state index in [0.717, 1.165) is 11.3 Å². The number of pyridine rings is 1. The molecule has 5 nitrogen and oxygen atoms in total. The molecule has 0 amide bonds. The van der Waals surface area contributed by atoms with Gasteiger partial charge in [-0.1, -0.05) is 27.7 Å². The highest BCUT2D eigenvalue weighted by molar-refractivity contribution is 5.37. The van der Waals surface area contributed by atoms with Gasteiger partial charge in [0.15, 0.2) is 0 Å². The number of hydrogen-bond donors (Lipinski definition) is 0. The molecule has 0 fully saturated rings. The molecule has 0 spiro atoms. The normalized spacial score (nSPS) is 15.9. The Hall–Kier alpha value is -1.65. The van der Waals surface area contributed by atoms with Gasteiger partial charge in [-0.3, -0.25) is 15.1 Å². The van der Waals surface area contributed by atoms with E-state index in [0.29, 0.717) is 25.0 Å². The van der Waals surface area contributed by atoms with Crippen molar-refractivity contribution in [3.05, 3.63) is 33.6 Å². The van der Waals surface area contributed by atoms with Crippen LogP contribution in [0, 0.1) is 10.1 Å². The number of ether oxygens (including phenoxy) is 1. The van der Waals surface area contributed by atoms with Gasteiger partial charge in [0.05, 0.1) is 7.11 Å². The van der Waals surface area contributed by atoms with Crippen LogP contribution in [0.15, 0.2) is 12.3 Å². The van der Waals surface area contributed by atoms with Crippen LogP contribution in [0.1, 0.15) is 45.4 Å². The zero-order valence-corrected chi connectivity index (χ0v) is 12.5. The van der Waals surface area contributed by atoms with Crippen molar-refractivity contribution < 1.29 is 9.66 Å². The van der Waals surface area contributed by atoms with E-state index in [2.05, 4.69) is 4.98 Å². The van der Waals surface area contributed by atoms with Crippen LogP contribution in [0.5, 0.6) is 5.75 Å². The summed E-state index contributed by atoms with van der Waals surface area (Å²) in [4.78, 5) is 14.7. The minimum Gasteiger partial charge on any atom is -0.496 e. The highest BCUT2D eigenvalue weighted by atomic mass is 16.6. The second-order valence-electron chi connectivity index (χ2n) is 3.62. The van der Waals surface area contributed by atoms with Gasteiger partial charge in [-0.05, 0) is 12.5 Å². The Labute approximate surface area is 115 Å². The topological polar surface area (TPSA) is 65.3 Å². The van der Waals surface area contributed by atoms with E-state index in [1.165, 1.54) is 0 Å². The molecule has 0 N–H and O–H groups in total. The summed E-state index contributed by atoms with van der Waals surface area (Å²) in [7, 11) is 1.57. The third-order valence-corrected chi connectivity index (χ3v) is 2.77. The fraction of sp³-hybridized carbons (Fsp3) is 0.643. The molecular weight excluding hydrogens is 244 g/mol. The van der Waals surface area contributed by atoms with Crippen LogP contribution in [0.4, 0.5) is 0 Å². The van der Waals surface area contributed by atoms with E-state index in [4.69, 9.17) is 4.74 Å². The Morgan fingerprint density at radius 1 is 1.37 bits per heavy atom. The van der Waals surface area contributed by atoms with Gasteiger partial charge in [-0.15, -0.1) is 0 Å². The van der Waals surface area contributed by atoms with Gasteiger partial charge in [-0.25, -0.2) is 0 Å². The molecule has 1 heterocycles. The molecule has 0 saturated carbocycles. The summed E-state index contributed by atoms with van der Waals surface area (Å²) < 4.78 is 5.18. The summed E-state index contributed by atoms with van der Waals surface area (Å²) in [6, 6.07) is 1.26. The molecular formula is C14H24N2O3. The SMILES string of the molecule is CC.CC.COc1ccnc2c1CC([N+](=O)[O-])CC2. The minimum absolute atomic E-state index is 0.213. The number of nitrogens with zero attached hydrogens (tertiary/aromatic N) is 2. The lowest BCUT2D eigenvalue weighted by atomic mass is 9.91. The molecule has 0 radical (unpaired) electrons. The van der Waals surface area contributed by atoms with Crippen LogP contribution < -0.4 is 4.74 Å². The Bertz CT molecular complexity index is 380. The summed E-state index contributed by atoms with van der Waals surface area (Å²) in [6.07, 6.45) is 3.35. The lowest BCUT2D eigenvalue weighted by Crippen LogP contribution is -2.28. The largest absolute Gasteiger partial charge is 0.496 e. The molecule has 1 aromatic rings. The fourth-order valence-corrected chi connectivity index (χ4v) is 1.96. The second kappa shape index (κ2) is 9.30. The average Bonchev–Trinajstić information content (AvgIpc) is 2.50. The first-order valence-electron chi connectivity index (χ1n) is 6.86. The molecule has 1 atom stereocenters. The molecule has 1 unspecified atom stereocenters. The lowest BCUT2D eigenvalue weighted by Gasteiger charge is -2.19. The first-order valence-corrected chi connectivity index (χ1v) is 6.86. The summed E-state index contributed by atoms with van der Waals surface area (Å²) in [5.41, 5.74) is 1.83. The van der Waals surface area contributed by atoms with Crippen LogP contribution in [0.25, 0.3) is 0 Å². The number of nitro groups is 1. The molecule has 0 aliphatic heterocycles. The second-order valence-corrected chi connectivity index (χ2v) is 3.62. The van der Waals surface area contributed by atoms with Gasteiger partial charge < -0.3 is 4.74 Å². The van der Waals surface area contributed by atoms with Crippen molar-refractivity contribution in [2.24, 2.45) is 0 Å². The fourth-order valence-electron chi connectivity index (χ4n) is 1.96. The van der Waals surface area contributed by atoms with Crippen molar-refractivity contribution in [1.82, 2.24) is 4.98 Å². The van der Waals surface area contributed by atoms with Crippen molar-refractivity contribution in [2.75, 3.05) is 7.11 Å². The number of fused-ring (bicyclic) bond motifs is 1. The first-order chi connectivity index (χ1) is 9.22. The Kier molecular flexibility index (Phi) is 8.49. The summed E-state index contributed by atoms with van der Waals surface area (Å²) in [5.74, 6) is 0.714. The predicted molar refractivity (Wildman–Crippen MR) is 76.3 cm³/mol. The average molecular weight is 268 g/mol. The van der Waals surface area contributed by atoms with E-state index >= 15 is 0 Å². The molecule has 0 bridgehead atoms. The Morgan fingerprint density at radius 2 is 2.00 bits per heavy atom. The third kappa shape index (κ3) is 4.50. The standard InChI is InChI=1S/C10H12N2O3.2C2H6/c1-15-10-4-5-11-9-3-2-7(12(13)14)6-8(9)10;2*1-2/h4-5,7H,2-3,6H2,1H3;2*1-2H3. The molecule has 1 aliphatic rings. The zero-order chi connectivity index (χ0) is 14.8. The summed E-state index contributed by atoms with van der Waals surface area (Å²) >= 11 is 0. The number of rotatable bonds is 2. The highest BCUT2D eigenvalue weighted by Crippen LogP contribution is 2.28. The predicted octanol–water partition coefficient (Wildman–Crippen LogP) is 3.28. The molecule has 5 heteroatoms. The Balaban J connectivity index is 0.000000741. The monoisotopic (exact) mass is 268 g/mol. The van der Waals surface area contributed by atoms with Crippen molar-refractivity contribution in [1.29, 1.82) is 0 Å². The maximum atomic E-state index is 10.7. The van der Waals surface area contributed by atoms with E-state index in [9.17, 15) is 10.1 Å². The van der Waals surface area contributed by atoms with Crippen LogP contribution >= 0.6 is 0 Å². The van der Waals surface area contributed by atoms with Crippen LogP contribution in [-0.2, 0) is 12.8 Å². The number of aryl methyl sites for hydroxylation is 1. The van der Waals surface area contributed by atoms with Gasteiger partial charge >= 0.3 is 0 Å². The van der Waals surface area contributed by atoms with E-state index in [1.54, 1.807) is 19.4 Å². The van der Waals surface area contributed by atoms with Gasteiger partial charge in [-0.2, -0.15) is 0 Å². The van der Waals surface area contributed by atoms with Crippen LogP contribution in [0.2, 0.25) is 0 Å². The maximum Gasteiger partial charge on any atom is 0.217 e. The van der Waals surface area contributed by atoms with Crippen molar-refractivity contribution in [3.8, 4) is 5.75 Å². The molecule has 19 heavy (non-hydrogen) atoms.